The number of rotatable bonds is 7. The van der Waals surface area contributed by atoms with Crippen LogP contribution in [0.5, 0.6) is 0 Å². The molecule has 0 rings (SSSR count). The topological polar surface area (TPSA) is 18.5 Å². The Bertz CT molecular complexity index is 183. The van der Waals surface area contributed by atoms with E-state index in [9.17, 15) is 0 Å². The third kappa shape index (κ3) is 8.58. The van der Waals surface area contributed by atoms with Gasteiger partial charge in [0.15, 0.2) is 34.5 Å². The normalized spacial score (nSPS) is 14.4. The van der Waals surface area contributed by atoms with Crippen LogP contribution < -0.4 is 0 Å². The lowest BCUT2D eigenvalue weighted by Gasteiger charge is -2.34. The molecule has 0 heterocycles. The van der Waals surface area contributed by atoms with Crippen molar-refractivity contribution in [1.29, 1.82) is 0 Å². The summed E-state index contributed by atoms with van der Waals surface area (Å²) in [6.45, 7) is 16.2. The van der Waals surface area contributed by atoms with Crippen LogP contribution in [0.1, 0.15) is 13.3 Å². The molecule has 0 atom stereocenters. The molecule has 0 unspecified atom stereocenters. The van der Waals surface area contributed by atoms with Crippen LogP contribution in [-0.2, 0) is 8.23 Å². The van der Waals surface area contributed by atoms with E-state index in [1.807, 2.05) is 0 Å². The fraction of sp³-hybridized carbons (Fsp3) is 1.00. The first-order valence-corrected chi connectivity index (χ1v) is 17.7. The standard InChI is InChI=1S/C9H28O2Si4/c1-8-9-14(4,5)11-15(6,7)12-10-13(2)3/h13H,8-9,12H2,1-7H3. The summed E-state index contributed by atoms with van der Waals surface area (Å²) in [5.41, 5.74) is 0. The van der Waals surface area contributed by atoms with E-state index in [4.69, 9.17) is 8.23 Å². The Kier molecular flexibility index (Phi) is 6.85. The summed E-state index contributed by atoms with van der Waals surface area (Å²) in [6.07, 6.45) is 1.26. The molecule has 0 radical (unpaired) electrons. The molecule has 0 aromatic rings. The van der Waals surface area contributed by atoms with Gasteiger partial charge >= 0.3 is 0 Å². The van der Waals surface area contributed by atoms with Crippen LogP contribution in [0.15, 0.2) is 0 Å². The second kappa shape index (κ2) is 6.51. The maximum Gasteiger partial charge on any atom is 0.183 e. The lowest BCUT2D eigenvalue weighted by atomic mass is 10.6. The Morgan fingerprint density at radius 1 is 1.13 bits per heavy atom. The summed E-state index contributed by atoms with van der Waals surface area (Å²) < 4.78 is 12.4. The van der Waals surface area contributed by atoms with Crippen molar-refractivity contribution < 1.29 is 8.23 Å². The third-order valence-corrected chi connectivity index (χ3v) is 17.2. The van der Waals surface area contributed by atoms with E-state index in [2.05, 4.69) is 46.2 Å². The smallest absolute Gasteiger partial charge is 0.183 e. The minimum absolute atomic E-state index is 0.392. The Balaban J connectivity index is 4.11. The van der Waals surface area contributed by atoms with Gasteiger partial charge in [-0.25, -0.2) is 0 Å². The molecule has 92 valence electrons. The van der Waals surface area contributed by atoms with Crippen molar-refractivity contribution >= 4 is 34.5 Å². The fourth-order valence-electron chi connectivity index (χ4n) is 1.80. The van der Waals surface area contributed by atoms with E-state index in [1.165, 1.54) is 12.5 Å². The first-order chi connectivity index (χ1) is 6.68. The second-order valence-electron chi connectivity index (χ2n) is 5.73. The average Bonchev–Trinajstić information content (AvgIpc) is 1.98. The zero-order valence-corrected chi connectivity index (χ0v) is 16.1. The van der Waals surface area contributed by atoms with E-state index < -0.39 is 34.5 Å². The van der Waals surface area contributed by atoms with E-state index in [-0.39, 0.29) is 0 Å². The molecule has 0 spiro atoms. The molecular weight excluding hydrogens is 252 g/mol. The van der Waals surface area contributed by atoms with E-state index in [0.29, 0.717) is 0 Å². The van der Waals surface area contributed by atoms with Crippen molar-refractivity contribution in [3.63, 3.8) is 0 Å². The molecule has 2 nitrogen and oxygen atoms in total. The van der Waals surface area contributed by atoms with Crippen molar-refractivity contribution in [2.75, 3.05) is 0 Å². The zero-order chi connectivity index (χ0) is 12.1. The van der Waals surface area contributed by atoms with Crippen LogP contribution in [-0.4, -0.2) is 34.5 Å². The summed E-state index contributed by atoms with van der Waals surface area (Å²) in [6, 6.07) is 1.29. The Morgan fingerprint density at radius 3 is 2.07 bits per heavy atom. The molecule has 0 saturated heterocycles. The Hall–Kier alpha value is 0.788. The molecule has 0 aliphatic rings. The third-order valence-electron chi connectivity index (χ3n) is 2.17. The summed E-state index contributed by atoms with van der Waals surface area (Å²) in [4.78, 5) is 0. The highest BCUT2D eigenvalue weighted by molar-refractivity contribution is 7.21. The van der Waals surface area contributed by atoms with Gasteiger partial charge in [-0.2, -0.15) is 0 Å². The highest BCUT2D eigenvalue weighted by Gasteiger charge is 2.33. The Labute approximate surface area is 101 Å². The summed E-state index contributed by atoms with van der Waals surface area (Å²) >= 11 is 0. The molecule has 15 heavy (non-hydrogen) atoms. The molecule has 0 aromatic carbocycles. The van der Waals surface area contributed by atoms with Gasteiger partial charge in [0.25, 0.3) is 0 Å². The van der Waals surface area contributed by atoms with Crippen molar-refractivity contribution in [3.05, 3.63) is 0 Å². The number of hydrogen-bond donors (Lipinski definition) is 0. The highest BCUT2D eigenvalue weighted by Crippen LogP contribution is 2.19. The van der Waals surface area contributed by atoms with Gasteiger partial charge in [0.05, 0.1) is 0 Å². The van der Waals surface area contributed by atoms with Crippen molar-refractivity contribution in [3.8, 4) is 0 Å². The molecule has 0 fully saturated rings. The molecule has 6 heteroatoms. The van der Waals surface area contributed by atoms with Crippen LogP contribution in [0, 0.1) is 0 Å². The molecule has 0 saturated carbocycles. The second-order valence-corrected chi connectivity index (χ2v) is 23.8. The molecule has 0 N–H and O–H groups in total. The van der Waals surface area contributed by atoms with Crippen LogP contribution in [0.2, 0.25) is 45.3 Å². The van der Waals surface area contributed by atoms with Crippen molar-refractivity contribution in [2.24, 2.45) is 0 Å². The van der Waals surface area contributed by atoms with Gasteiger partial charge in [0.1, 0.15) is 0 Å². The molecule has 0 aliphatic heterocycles. The Morgan fingerprint density at radius 2 is 1.67 bits per heavy atom. The van der Waals surface area contributed by atoms with Crippen LogP contribution in [0.3, 0.4) is 0 Å². The first kappa shape index (κ1) is 15.8. The van der Waals surface area contributed by atoms with Crippen molar-refractivity contribution in [1.82, 2.24) is 0 Å². The molecule has 0 amide bonds. The van der Waals surface area contributed by atoms with Crippen molar-refractivity contribution in [2.45, 2.75) is 58.7 Å². The van der Waals surface area contributed by atoms with Gasteiger partial charge in [-0.05, 0) is 45.3 Å². The van der Waals surface area contributed by atoms with E-state index in [0.717, 1.165) is 0 Å². The lowest BCUT2D eigenvalue weighted by Crippen LogP contribution is -2.50. The van der Waals surface area contributed by atoms with E-state index in [1.54, 1.807) is 0 Å². The van der Waals surface area contributed by atoms with Gasteiger partial charge in [0, 0.05) is 0 Å². The van der Waals surface area contributed by atoms with E-state index >= 15 is 0 Å². The van der Waals surface area contributed by atoms with Gasteiger partial charge in [-0.1, -0.05) is 13.3 Å². The highest BCUT2D eigenvalue weighted by atomic mass is 29.2. The van der Waals surface area contributed by atoms with Gasteiger partial charge in [0.2, 0.25) is 0 Å². The fourth-order valence-corrected chi connectivity index (χ4v) is 23.2. The first-order valence-electron chi connectivity index (χ1n) is 6.00. The summed E-state index contributed by atoms with van der Waals surface area (Å²) in [5.74, 6) is 0. The van der Waals surface area contributed by atoms with Gasteiger partial charge in [-0.3, -0.25) is 0 Å². The molecule has 0 aliphatic carbocycles. The van der Waals surface area contributed by atoms with Crippen LogP contribution in [0.4, 0.5) is 0 Å². The van der Waals surface area contributed by atoms with Gasteiger partial charge in [-0.15, -0.1) is 0 Å². The lowest BCUT2D eigenvalue weighted by molar-refractivity contribution is 0.543. The molecular formula is C9H28O2Si4. The van der Waals surface area contributed by atoms with Crippen LogP contribution in [0.25, 0.3) is 0 Å². The van der Waals surface area contributed by atoms with Gasteiger partial charge < -0.3 is 8.23 Å². The minimum Gasteiger partial charge on any atom is -0.463 e. The minimum atomic E-state index is -1.43. The van der Waals surface area contributed by atoms with Crippen LogP contribution >= 0.6 is 0 Å². The summed E-state index contributed by atoms with van der Waals surface area (Å²) in [5, 5.41) is 0. The predicted molar refractivity (Wildman–Crippen MR) is 79.7 cm³/mol. The quantitative estimate of drug-likeness (QED) is 0.667. The number of hydrogen-bond acceptors (Lipinski definition) is 2. The molecule has 0 bridgehead atoms. The monoisotopic (exact) mass is 280 g/mol. The maximum absolute atomic E-state index is 6.45. The summed E-state index contributed by atoms with van der Waals surface area (Å²) in [7, 11) is -4.02. The predicted octanol–water partition coefficient (Wildman–Crippen LogP) is 2.40. The largest absolute Gasteiger partial charge is 0.463 e. The maximum atomic E-state index is 6.45. The SMILES string of the molecule is CCC[Si](C)(C)O[Si](C)(C)[SiH2]O[SiH](C)C. The molecule has 0 aromatic heterocycles. The average molecular weight is 281 g/mol. The zero-order valence-electron chi connectivity index (χ0n) is 11.5.